The number of hydrogen-bond acceptors (Lipinski definition) is 0. The Hall–Kier alpha value is -14.8. The van der Waals surface area contributed by atoms with Gasteiger partial charge >= 0.3 is 0 Å². The molecule has 0 unspecified atom stereocenters. The molecule has 0 saturated heterocycles. The fraction of sp³-hybridized carbons (Fsp3) is 0. The van der Waals surface area contributed by atoms with Crippen molar-refractivity contribution in [2.45, 2.75) is 0 Å². The van der Waals surface area contributed by atoms with E-state index < -0.39 is 0 Å². The summed E-state index contributed by atoms with van der Waals surface area (Å²) in [6.07, 6.45) is 0. The smallest absolute Gasteiger partial charge is 0.0547 e. The van der Waals surface area contributed by atoms with Gasteiger partial charge in [0.25, 0.3) is 0 Å². The lowest BCUT2D eigenvalue weighted by atomic mass is 9.94. The molecule has 112 heavy (non-hydrogen) atoms. The van der Waals surface area contributed by atoms with Gasteiger partial charge in [0, 0.05) is 65.8 Å². The lowest BCUT2D eigenvalue weighted by molar-refractivity contribution is 1.18. The van der Waals surface area contributed by atoms with Gasteiger partial charge in [-0.25, -0.2) is 0 Å². The van der Waals surface area contributed by atoms with Crippen molar-refractivity contribution in [1.82, 2.24) is 18.3 Å². The first-order valence-corrected chi connectivity index (χ1v) is 38.5. The average Bonchev–Trinajstić information content (AvgIpc) is 1.59. The average molecular weight is 1430 g/mol. The zero-order chi connectivity index (χ0) is 74.0. The van der Waals surface area contributed by atoms with Gasteiger partial charge in [-0.2, -0.15) is 0 Å². The maximum absolute atomic E-state index is 2.46. The van der Waals surface area contributed by atoms with Crippen molar-refractivity contribution in [1.29, 1.82) is 0 Å². The molecule has 0 N–H and O–H groups in total. The third kappa shape index (κ3) is 11.6. The van der Waals surface area contributed by atoms with Gasteiger partial charge in [-0.15, -0.1) is 0 Å². The van der Waals surface area contributed by atoms with E-state index in [4.69, 9.17) is 0 Å². The van der Waals surface area contributed by atoms with Crippen molar-refractivity contribution >= 4 is 87.2 Å². The third-order valence-corrected chi connectivity index (χ3v) is 22.6. The first-order valence-electron chi connectivity index (χ1n) is 38.5. The summed E-state index contributed by atoms with van der Waals surface area (Å²) in [6, 6.07) is 159. The van der Waals surface area contributed by atoms with E-state index >= 15 is 0 Å². The fourth-order valence-electron chi connectivity index (χ4n) is 17.4. The molecule has 524 valence electrons. The van der Waals surface area contributed by atoms with Gasteiger partial charge in [0.1, 0.15) is 0 Å². The molecule has 4 aromatic heterocycles. The van der Waals surface area contributed by atoms with Crippen molar-refractivity contribution in [2.75, 3.05) is 0 Å². The molecule has 0 aliphatic carbocycles. The maximum atomic E-state index is 2.46. The number of rotatable bonds is 12. The van der Waals surface area contributed by atoms with E-state index in [2.05, 4.69) is 455 Å². The van der Waals surface area contributed by atoms with Crippen LogP contribution in [0, 0.1) is 0 Å². The van der Waals surface area contributed by atoms with Crippen LogP contribution in [-0.2, 0) is 0 Å². The maximum Gasteiger partial charge on any atom is 0.0547 e. The molecule has 0 fully saturated rings. The number of nitrogens with zero attached hydrogens (tertiary/aromatic N) is 4. The third-order valence-electron chi connectivity index (χ3n) is 22.6. The van der Waals surface area contributed by atoms with Crippen LogP contribution in [0.1, 0.15) is 0 Å². The zero-order valence-corrected chi connectivity index (χ0v) is 61.4. The second-order valence-corrected chi connectivity index (χ2v) is 29.1. The molecule has 0 bridgehead atoms. The molecule has 0 amide bonds. The first kappa shape index (κ1) is 65.5. The van der Waals surface area contributed by atoms with Crippen LogP contribution in [0.25, 0.3) is 199 Å². The summed E-state index contributed by atoms with van der Waals surface area (Å²) in [7, 11) is 0. The van der Waals surface area contributed by atoms with Crippen LogP contribution in [0.15, 0.2) is 437 Å². The summed E-state index contributed by atoms with van der Waals surface area (Å²) < 4.78 is 9.75. The quantitative estimate of drug-likeness (QED) is 0.116. The van der Waals surface area contributed by atoms with E-state index in [0.29, 0.717) is 0 Å². The van der Waals surface area contributed by atoms with Crippen LogP contribution in [0.2, 0.25) is 0 Å². The number of benzene rings is 18. The zero-order valence-electron chi connectivity index (χ0n) is 61.4. The van der Waals surface area contributed by atoms with Crippen LogP contribution in [0.3, 0.4) is 0 Å². The second kappa shape index (κ2) is 27.7. The topological polar surface area (TPSA) is 19.7 Å². The van der Waals surface area contributed by atoms with E-state index in [1.165, 1.54) is 176 Å². The Bertz CT molecular complexity index is 7290. The van der Waals surface area contributed by atoms with E-state index in [-0.39, 0.29) is 0 Å². The van der Waals surface area contributed by atoms with E-state index in [9.17, 15) is 0 Å². The van der Waals surface area contributed by atoms with Crippen LogP contribution >= 0.6 is 0 Å². The van der Waals surface area contributed by atoms with Gasteiger partial charge in [-0.3, -0.25) is 0 Å². The van der Waals surface area contributed by atoms with Crippen molar-refractivity contribution in [3.63, 3.8) is 0 Å². The predicted octanol–water partition coefficient (Wildman–Crippen LogP) is 29.1. The molecule has 4 heteroatoms. The van der Waals surface area contributed by atoms with Crippen molar-refractivity contribution < 1.29 is 0 Å². The molecular formula is C108H72N4. The molecule has 4 nitrogen and oxygen atoms in total. The molecule has 0 aliphatic heterocycles. The van der Waals surface area contributed by atoms with Crippen molar-refractivity contribution in [3.05, 3.63) is 437 Å². The summed E-state index contributed by atoms with van der Waals surface area (Å²) in [4.78, 5) is 0. The van der Waals surface area contributed by atoms with E-state index in [1.807, 2.05) is 0 Å². The SMILES string of the molecule is c1ccc(-c2cccc(-n3c4ccccc4c4ccc(-c5ccc6c7ccccc7n(-c7cc(-c8ccccc8)cc(-c8ccccc8)c7)c6c5)cc43)c2)cc1.c1ccc(-c2cccc(-n3c4ccccc4c4ccc(-c5ccc6c7ccccc7n(-c7cccc(-c8ccccc8-c8ccccc8)c7)c6c5)cc43)c2)cc1. The molecule has 0 spiro atoms. The Balaban J connectivity index is 0.000000141. The number of aromatic nitrogens is 4. The number of hydrogen-bond donors (Lipinski definition) is 0. The van der Waals surface area contributed by atoms with Gasteiger partial charge in [-0.05, 0) is 192 Å². The highest BCUT2D eigenvalue weighted by Gasteiger charge is 2.22. The van der Waals surface area contributed by atoms with Crippen molar-refractivity contribution in [2.24, 2.45) is 0 Å². The highest BCUT2D eigenvalue weighted by Crippen LogP contribution is 2.44. The lowest BCUT2D eigenvalue weighted by Gasteiger charge is -2.14. The van der Waals surface area contributed by atoms with Gasteiger partial charge in [-0.1, -0.05) is 334 Å². The Labute approximate surface area is 649 Å². The predicted molar refractivity (Wildman–Crippen MR) is 474 cm³/mol. The summed E-state index contributed by atoms with van der Waals surface area (Å²) in [6.45, 7) is 0. The Morgan fingerprint density at radius 1 is 0.107 bits per heavy atom. The molecule has 0 radical (unpaired) electrons. The standard InChI is InChI=1S/2C54H36N2/c1-4-15-37(16-5-1)40-21-14-22-45(32-40)55-51-25-12-10-23-47(51)49-29-27-41(35-53(49)55)42-28-30-50-48-24-11-13-26-52(48)56(54(50)36-42)46-33-43(38-17-6-2-7-18-38)31-44(34-46)39-19-8-3-9-20-39;1-3-15-37(16-4-1)39-19-13-21-43(33-39)55-51-27-11-9-25-47(51)49-31-29-40(35-53(49)55)41-30-32-50-48-26-10-12-28-52(48)56(54(50)36-41)44-22-14-20-42(34-44)46-24-8-7-23-45(46)38-17-5-2-6-18-38/h2*1-36H. The second-order valence-electron chi connectivity index (χ2n) is 29.1. The minimum absolute atomic E-state index is 1.14. The Morgan fingerprint density at radius 2 is 0.330 bits per heavy atom. The fourth-order valence-corrected chi connectivity index (χ4v) is 17.4. The van der Waals surface area contributed by atoms with Gasteiger partial charge in [0.15, 0.2) is 0 Å². The van der Waals surface area contributed by atoms with E-state index in [1.54, 1.807) is 0 Å². The van der Waals surface area contributed by atoms with Crippen LogP contribution < -0.4 is 0 Å². The van der Waals surface area contributed by atoms with Crippen LogP contribution in [0.4, 0.5) is 0 Å². The Morgan fingerprint density at radius 3 is 0.670 bits per heavy atom. The molecular weight excluding hydrogens is 1350 g/mol. The monoisotopic (exact) mass is 1420 g/mol. The highest BCUT2D eigenvalue weighted by atomic mass is 15.0. The minimum atomic E-state index is 1.14. The molecule has 0 atom stereocenters. The molecule has 4 heterocycles. The summed E-state index contributed by atoms with van der Waals surface area (Å²) in [5.74, 6) is 0. The summed E-state index contributed by atoms with van der Waals surface area (Å²) in [5, 5.41) is 9.97. The highest BCUT2D eigenvalue weighted by molar-refractivity contribution is 6.15. The minimum Gasteiger partial charge on any atom is -0.309 e. The van der Waals surface area contributed by atoms with Gasteiger partial charge < -0.3 is 18.3 Å². The Kier molecular flexibility index (Phi) is 16.2. The molecule has 22 aromatic rings. The van der Waals surface area contributed by atoms with Gasteiger partial charge in [0.2, 0.25) is 0 Å². The van der Waals surface area contributed by atoms with Crippen LogP contribution in [0.5, 0.6) is 0 Å². The molecule has 0 saturated carbocycles. The summed E-state index contributed by atoms with van der Waals surface area (Å²) >= 11 is 0. The number of para-hydroxylation sites is 4. The first-order chi connectivity index (χ1) is 55.5. The lowest BCUT2D eigenvalue weighted by Crippen LogP contribution is -1.96. The van der Waals surface area contributed by atoms with Crippen LogP contribution in [-0.4, -0.2) is 18.3 Å². The van der Waals surface area contributed by atoms with Crippen molar-refractivity contribution in [3.8, 4) is 112 Å². The summed E-state index contributed by atoms with van der Waals surface area (Å²) in [5.41, 5.74) is 33.4. The van der Waals surface area contributed by atoms with Gasteiger partial charge in [0.05, 0.1) is 44.1 Å². The molecule has 0 aliphatic rings. The number of fused-ring (bicyclic) bond motifs is 12. The molecule has 22 rings (SSSR count). The van der Waals surface area contributed by atoms with E-state index in [0.717, 1.165) is 22.7 Å². The normalized spacial score (nSPS) is 11.6. The molecule has 18 aromatic carbocycles. The largest absolute Gasteiger partial charge is 0.309 e.